The summed E-state index contributed by atoms with van der Waals surface area (Å²) >= 11 is 0. The Kier molecular flexibility index (Phi) is 6.89. The number of methoxy groups -OCH3 is 1. The molecule has 0 radical (unpaired) electrons. The summed E-state index contributed by atoms with van der Waals surface area (Å²) in [5.74, 6) is -0.466. The molecule has 2 aromatic rings. The van der Waals surface area contributed by atoms with Gasteiger partial charge in [-0.2, -0.15) is 0 Å². The molecule has 1 aliphatic rings. The number of urea groups is 1. The highest BCUT2D eigenvalue weighted by Crippen LogP contribution is 2.30. The van der Waals surface area contributed by atoms with Crippen molar-refractivity contribution >= 4 is 29.2 Å². The van der Waals surface area contributed by atoms with E-state index in [0.717, 1.165) is 4.90 Å². The van der Waals surface area contributed by atoms with Gasteiger partial charge in [0.2, 0.25) is 5.91 Å². The van der Waals surface area contributed by atoms with Gasteiger partial charge in [0.05, 0.1) is 19.2 Å². The molecule has 0 bridgehead atoms. The Morgan fingerprint density at radius 3 is 2.52 bits per heavy atom. The van der Waals surface area contributed by atoms with Crippen LogP contribution in [0.3, 0.4) is 0 Å². The molecule has 2 aromatic carbocycles. The van der Waals surface area contributed by atoms with Gasteiger partial charge >= 0.3 is 6.03 Å². The van der Waals surface area contributed by atoms with Gasteiger partial charge in [0.1, 0.15) is 17.6 Å². The van der Waals surface area contributed by atoms with Crippen LogP contribution in [0.25, 0.3) is 0 Å². The van der Waals surface area contributed by atoms with Gasteiger partial charge in [0.25, 0.3) is 5.91 Å². The van der Waals surface area contributed by atoms with Crippen molar-refractivity contribution in [2.75, 3.05) is 23.9 Å². The van der Waals surface area contributed by atoms with Gasteiger partial charge in [0, 0.05) is 18.3 Å². The average Bonchev–Trinajstić information content (AvgIpc) is 2.97. The highest BCUT2D eigenvalue weighted by atomic mass is 19.1. The first-order valence-electron chi connectivity index (χ1n) is 10.1. The number of nitrogens with zero attached hydrogens (tertiary/aromatic N) is 2. The van der Waals surface area contributed by atoms with Crippen LogP contribution in [-0.4, -0.2) is 42.4 Å². The maximum atomic E-state index is 13.2. The number of hydrogen-bond donors (Lipinski definition) is 1. The first-order valence-corrected chi connectivity index (χ1v) is 10.1. The van der Waals surface area contributed by atoms with Gasteiger partial charge in [-0.15, -0.1) is 0 Å². The second kappa shape index (κ2) is 9.59. The lowest BCUT2D eigenvalue weighted by molar-refractivity contribution is -0.124. The minimum Gasteiger partial charge on any atom is -0.497 e. The van der Waals surface area contributed by atoms with E-state index in [2.05, 4.69) is 5.32 Å². The van der Waals surface area contributed by atoms with Crippen LogP contribution >= 0.6 is 0 Å². The molecular formula is C23H26FN3O4. The van der Waals surface area contributed by atoms with E-state index in [-0.39, 0.29) is 6.42 Å². The molecular weight excluding hydrogens is 401 g/mol. The zero-order valence-electron chi connectivity index (χ0n) is 17.8. The van der Waals surface area contributed by atoms with Crippen molar-refractivity contribution in [3.05, 3.63) is 54.3 Å². The Balaban J connectivity index is 1.82. The molecule has 1 saturated heterocycles. The molecule has 1 fully saturated rings. The van der Waals surface area contributed by atoms with Crippen molar-refractivity contribution in [2.24, 2.45) is 5.92 Å². The molecule has 0 saturated carbocycles. The van der Waals surface area contributed by atoms with Crippen LogP contribution in [0.2, 0.25) is 0 Å². The zero-order valence-corrected chi connectivity index (χ0v) is 17.8. The third-order valence-corrected chi connectivity index (χ3v) is 5.08. The molecule has 0 unspecified atom stereocenters. The fourth-order valence-electron chi connectivity index (χ4n) is 3.39. The number of carbonyl (C=O) groups excluding carboxylic acids is 3. The largest absolute Gasteiger partial charge is 0.497 e. The summed E-state index contributed by atoms with van der Waals surface area (Å²) in [6.07, 6.45) is 0.502. The topological polar surface area (TPSA) is 79.0 Å². The normalized spacial score (nSPS) is 16.2. The number of amides is 4. The number of halogens is 1. The third-order valence-electron chi connectivity index (χ3n) is 5.08. The van der Waals surface area contributed by atoms with Crippen LogP contribution in [0.15, 0.2) is 48.5 Å². The van der Waals surface area contributed by atoms with Crippen LogP contribution in [-0.2, 0) is 9.59 Å². The van der Waals surface area contributed by atoms with Crippen LogP contribution < -0.4 is 15.0 Å². The number of nitrogens with one attached hydrogen (secondary N) is 1. The number of hydrogen-bond acceptors (Lipinski definition) is 4. The van der Waals surface area contributed by atoms with E-state index in [1.165, 1.54) is 36.3 Å². The van der Waals surface area contributed by atoms with Crippen molar-refractivity contribution in [3.8, 4) is 5.75 Å². The van der Waals surface area contributed by atoms with E-state index in [9.17, 15) is 18.8 Å². The Bertz CT molecular complexity index is 962. The molecule has 1 aliphatic heterocycles. The average molecular weight is 427 g/mol. The summed E-state index contributed by atoms with van der Waals surface area (Å²) in [4.78, 5) is 41.5. The first-order chi connectivity index (χ1) is 14.8. The van der Waals surface area contributed by atoms with E-state index < -0.39 is 29.7 Å². The van der Waals surface area contributed by atoms with Gasteiger partial charge < -0.3 is 15.0 Å². The maximum absolute atomic E-state index is 13.2. The van der Waals surface area contributed by atoms with Crippen molar-refractivity contribution in [2.45, 2.75) is 32.7 Å². The summed E-state index contributed by atoms with van der Waals surface area (Å²) in [6.45, 7) is 4.41. The number of rotatable bonds is 8. The van der Waals surface area contributed by atoms with Gasteiger partial charge in [-0.25, -0.2) is 14.1 Å². The summed E-state index contributed by atoms with van der Waals surface area (Å²) in [6, 6.07) is 10.6. The predicted octanol–water partition coefficient (Wildman–Crippen LogP) is 4.05. The fraction of sp³-hybridized carbons (Fsp3) is 0.348. The number of ether oxygens (including phenoxy) is 1. The van der Waals surface area contributed by atoms with Crippen molar-refractivity contribution < 1.29 is 23.5 Å². The minimum atomic E-state index is -0.919. The molecule has 0 aliphatic carbocycles. The number of carbonyl (C=O) groups is 3. The van der Waals surface area contributed by atoms with E-state index >= 15 is 0 Å². The highest BCUT2D eigenvalue weighted by molar-refractivity contribution is 6.22. The SMILES string of the molecule is COc1cccc(N2C(=O)[C@H](CC(=O)Nc3ccc(F)cc3)N(CCC(C)C)C2=O)c1. The second-order valence-electron chi connectivity index (χ2n) is 7.81. The van der Waals surface area contributed by atoms with Crippen LogP contribution in [0.4, 0.5) is 20.6 Å². The summed E-state index contributed by atoms with van der Waals surface area (Å²) in [5.41, 5.74) is 0.812. The Morgan fingerprint density at radius 2 is 1.87 bits per heavy atom. The van der Waals surface area contributed by atoms with E-state index in [1.807, 2.05) is 13.8 Å². The zero-order chi connectivity index (χ0) is 22.5. The van der Waals surface area contributed by atoms with Crippen LogP contribution in [0, 0.1) is 11.7 Å². The molecule has 164 valence electrons. The van der Waals surface area contributed by atoms with Gasteiger partial charge in [-0.05, 0) is 48.7 Å². The summed E-state index contributed by atoms with van der Waals surface area (Å²) in [5, 5.41) is 2.66. The molecule has 3 rings (SSSR count). The van der Waals surface area contributed by atoms with E-state index in [4.69, 9.17) is 4.74 Å². The molecule has 31 heavy (non-hydrogen) atoms. The summed E-state index contributed by atoms with van der Waals surface area (Å²) < 4.78 is 18.3. The van der Waals surface area contributed by atoms with Gasteiger partial charge in [-0.1, -0.05) is 19.9 Å². The second-order valence-corrected chi connectivity index (χ2v) is 7.81. The minimum absolute atomic E-state index is 0.194. The van der Waals surface area contributed by atoms with E-state index in [1.54, 1.807) is 24.3 Å². The molecule has 1 atom stereocenters. The number of benzene rings is 2. The highest BCUT2D eigenvalue weighted by Gasteiger charge is 2.46. The monoisotopic (exact) mass is 427 g/mol. The number of anilines is 2. The van der Waals surface area contributed by atoms with Gasteiger partial charge in [-0.3, -0.25) is 9.59 Å². The van der Waals surface area contributed by atoms with Gasteiger partial charge in [0.15, 0.2) is 0 Å². The van der Waals surface area contributed by atoms with Crippen LogP contribution in [0.5, 0.6) is 5.75 Å². The first kappa shape index (κ1) is 22.3. The molecule has 1 N–H and O–H groups in total. The maximum Gasteiger partial charge on any atom is 0.332 e. The molecule has 1 heterocycles. The van der Waals surface area contributed by atoms with Crippen molar-refractivity contribution in [1.82, 2.24) is 4.90 Å². The quantitative estimate of drug-likeness (QED) is 0.645. The Labute approximate surface area is 180 Å². The number of imide groups is 1. The lowest BCUT2D eigenvalue weighted by Gasteiger charge is -2.22. The Morgan fingerprint density at radius 1 is 1.16 bits per heavy atom. The third kappa shape index (κ3) is 5.20. The lowest BCUT2D eigenvalue weighted by Crippen LogP contribution is -2.39. The molecule has 7 nitrogen and oxygen atoms in total. The fourth-order valence-corrected chi connectivity index (χ4v) is 3.39. The Hall–Kier alpha value is -3.42. The molecule has 4 amide bonds. The van der Waals surface area contributed by atoms with Crippen molar-refractivity contribution in [3.63, 3.8) is 0 Å². The molecule has 0 spiro atoms. The summed E-state index contributed by atoms with van der Waals surface area (Å²) in [7, 11) is 1.50. The van der Waals surface area contributed by atoms with E-state index in [0.29, 0.717) is 36.0 Å². The lowest BCUT2D eigenvalue weighted by atomic mass is 10.1. The predicted molar refractivity (Wildman–Crippen MR) is 115 cm³/mol. The smallest absolute Gasteiger partial charge is 0.332 e. The standard InChI is InChI=1S/C23H26FN3O4/c1-15(2)11-12-26-20(14-21(28)25-17-9-7-16(24)8-10-17)22(29)27(23(26)30)18-5-4-6-19(13-18)31-3/h4-10,13,15,20H,11-12,14H2,1-3H3,(H,25,28)/t20-/m0/s1. The van der Waals surface area contributed by atoms with Crippen molar-refractivity contribution in [1.29, 1.82) is 0 Å². The molecule has 0 aromatic heterocycles. The molecule has 8 heteroatoms. The van der Waals surface area contributed by atoms with Crippen LogP contribution in [0.1, 0.15) is 26.7 Å².